The van der Waals surface area contributed by atoms with Gasteiger partial charge in [-0.25, -0.2) is 4.79 Å². The minimum atomic E-state index is -0.779. The monoisotopic (exact) mass is 270 g/mol. The van der Waals surface area contributed by atoms with Crippen molar-refractivity contribution < 1.29 is 14.7 Å². The summed E-state index contributed by atoms with van der Waals surface area (Å²) in [6.45, 7) is 5.00. The second-order valence-electron chi connectivity index (χ2n) is 6.08. The SMILES string of the molecule is CC(C)CN(C)C(=O)NCC1(C(=O)O)CCCCC1. The maximum absolute atomic E-state index is 11.9. The minimum Gasteiger partial charge on any atom is -0.481 e. The van der Waals surface area contributed by atoms with Crippen LogP contribution in [0.4, 0.5) is 4.79 Å². The topological polar surface area (TPSA) is 69.6 Å². The lowest BCUT2D eigenvalue weighted by Gasteiger charge is -2.33. The van der Waals surface area contributed by atoms with E-state index in [1.165, 1.54) is 0 Å². The van der Waals surface area contributed by atoms with Crippen LogP contribution in [0.15, 0.2) is 0 Å². The van der Waals surface area contributed by atoms with Gasteiger partial charge in [0.1, 0.15) is 0 Å². The number of rotatable bonds is 5. The number of nitrogens with zero attached hydrogens (tertiary/aromatic N) is 1. The summed E-state index contributed by atoms with van der Waals surface area (Å²) in [6.07, 6.45) is 4.29. The Morgan fingerprint density at radius 3 is 2.32 bits per heavy atom. The molecule has 0 heterocycles. The molecule has 0 saturated heterocycles. The van der Waals surface area contributed by atoms with E-state index >= 15 is 0 Å². The molecule has 0 aromatic heterocycles. The Balaban J connectivity index is 2.52. The van der Waals surface area contributed by atoms with Gasteiger partial charge in [0.15, 0.2) is 0 Å². The third-order valence-electron chi connectivity index (χ3n) is 3.83. The molecule has 1 saturated carbocycles. The number of aliphatic carboxylic acids is 1. The Morgan fingerprint density at radius 1 is 1.26 bits per heavy atom. The first-order valence-corrected chi connectivity index (χ1v) is 7.10. The predicted molar refractivity (Wildman–Crippen MR) is 74.0 cm³/mol. The summed E-state index contributed by atoms with van der Waals surface area (Å²) in [5.74, 6) is -0.377. The highest BCUT2D eigenvalue weighted by Gasteiger charge is 2.39. The summed E-state index contributed by atoms with van der Waals surface area (Å²) in [5, 5.41) is 12.2. The molecular formula is C14H26N2O3. The van der Waals surface area contributed by atoms with Gasteiger partial charge in [-0.1, -0.05) is 33.1 Å². The first kappa shape index (κ1) is 15.8. The predicted octanol–water partition coefficient (Wildman–Crippen LogP) is 2.32. The van der Waals surface area contributed by atoms with Gasteiger partial charge < -0.3 is 15.3 Å². The highest BCUT2D eigenvalue weighted by molar-refractivity contribution is 5.78. The maximum atomic E-state index is 11.9. The molecule has 0 radical (unpaired) electrons. The molecule has 0 bridgehead atoms. The average molecular weight is 270 g/mol. The van der Waals surface area contributed by atoms with Gasteiger partial charge >= 0.3 is 12.0 Å². The van der Waals surface area contributed by atoms with E-state index in [0.29, 0.717) is 25.3 Å². The Kier molecular flexibility index (Phi) is 5.63. The van der Waals surface area contributed by atoms with Crippen molar-refractivity contribution >= 4 is 12.0 Å². The van der Waals surface area contributed by atoms with Crippen molar-refractivity contribution in [3.05, 3.63) is 0 Å². The third-order valence-corrected chi connectivity index (χ3v) is 3.83. The van der Waals surface area contributed by atoms with Crippen LogP contribution in [0.1, 0.15) is 46.0 Å². The Hall–Kier alpha value is -1.26. The van der Waals surface area contributed by atoms with E-state index in [1.54, 1.807) is 11.9 Å². The summed E-state index contributed by atoms with van der Waals surface area (Å²) >= 11 is 0. The minimum absolute atomic E-state index is 0.181. The van der Waals surface area contributed by atoms with Crippen molar-refractivity contribution in [3.8, 4) is 0 Å². The van der Waals surface area contributed by atoms with Gasteiger partial charge in [-0.2, -0.15) is 0 Å². The van der Waals surface area contributed by atoms with Crippen LogP contribution in [0.5, 0.6) is 0 Å². The molecule has 0 aromatic rings. The van der Waals surface area contributed by atoms with Crippen molar-refractivity contribution in [3.63, 3.8) is 0 Å². The lowest BCUT2D eigenvalue weighted by molar-refractivity contribution is -0.150. The number of hydrogen-bond acceptors (Lipinski definition) is 2. The molecule has 19 heavy (non-hydrogen) atoms. The molecule has 110 valence electrons. The lowest BCUT2D eigenvalue weighted by Crippen LogP contribution is -2.48. The molecule has 2 N–H and O–H groups in total. The normalized spacial score (nSPS) is 18.1. The number of urea groups is 1. The summed E-state index contributed by atoms with van der Waals surface area (Å²) in [4.78, 5) is 25.0. The standard InChI is InChI=1S/C14H26N2O3/c1-11(2)9-16(3)13(19)15-10-14(12(17)18)7-5-4-6-8-14/h11H,4-10H2,1-3H3,(H,15,19)(H,17,18). The zero-order valence-electron chi connectivity index (χ0n) is 12.2. The summed E-state index contributed by atoms with van der Waals surface area (Å²) in [6, 6.07) is -0.181. The van der Waals surface area contributed by atoms with E-state index < -0.39 is 11.4 Å². The number of carbonyl (C=O) groups excluding carboxylic acids is 1. The van der Waals surface area contributed by atoms with E-state index in [2.05, 4.69) is 5.32 Å². The van der Waals surface area contributed by atoms with Gasteiger partial charge in [-0.05, 0) is 18.8 Å². The first-order valence-electron chi connectivity index (χ1n) is 7.10. The second-order valence-corrected chi connectivity index (χ2v) is 6.08. The van der Waals surface area contributed by atoms with Gasteiger partial charge in [0, 0.05) is 20.1 Å². The second kappa shape index (κ2) is 6.78. The van der Waals surface area contributed by atoms with Crippen LogP contribution < -0.4 is 5.32 Å². The number of nitrogens with one attached hydrogen (secondary N) is 1. The highest BCUT2D eigenvalue weighted by Crippen LogP contribution is 2.36. The quantitative estimate of drug-likeness (QED) is 0.805. The van der Waals surface area contributed by atoms with Crippen LogP contribution in [-0.2, 0) is 4.79 Å². The van der Waals surface area contributed by atoms with Crippen molar-refractivity contribution in [1.82, 2.24) is 10.2 Å². The number of hydrogen-bond donors (Lipinski definition) is 2. The maximum Gasteiger partial charge on any atom is 0.317 e. The zero-order chi connectivity index (χ0) is 14.5. The molecule has 0 aliphatic heterocycles. The van der Waals surface area contributed by atoms with Crippen molar-refractivity contribution in [2.45, 2.75) is 46.0 Å². The fourth-order valence-corrected chi connectivity index (χ4v) is 2.71. The van der Waals surface area contributed by atoms with Crippen molar-refractivity contribution in [2.24, 2.45) is 11.3 Å². The van der Waals surface area contributed by atoms with Crippen LogP contribution in [-0.4, -0.2) is 42.1 Å². The van der Waals surface area contributed by atoms with E-state index in [9.17, 15) is 14.7 Å². The summed E-state index contributed by atoms with van der Waals surface area (Å²) in [7, 11) is 1.74. The van der Waals surface area contributed by atoms with Gasteiger partial charge in [0.25, 0.3) is 0 Å². The molecular weight excluding hydrogens is 244 g/mol. The largest absolute Gasteiger partial charge is 0.481 e. The van der Waals surface area contributed by atoms with Gasteiger partial charge in [0.05, 0.1) is 5.41 Å². The van der Waals surface area contributed by atoms with Crippen LogP contribution in [0.25, 0.3) is 0 Å². The average Bonchev–Trinajstić information content (AvgIpc) is 2.36. The third kappa shape index (κ3) is 4.40. The lowest BCUT2D eigenvalue weighted by atomic mass is 9.74. The van der Waals surface area contributed by atoms with Gasteiger partial charge in [0.2, 0.25) is 0 Å². The van der Waals surface area contributed by atoms with E-state index in [0.717, 1.165) is 19.3 Å². The molecule has 1 aliphatic rings. The van der Waals surface area contributed by atoms with Crippen LogP contribution in [0, 0.1) is 11.3 Å². The smallest absolute Gasteiger partial charge is 0.317 e. The molecule has 1 fully saturated rings. The van der Waals surface area contributed by atoms with Crippen LogP contribution in [0.3, 0.4) is 0 Å². The summed E-state index contributed by atoms with van der Waals surface area (Å²) < 4.78 is 0. The van der Waals surface area contributed by atoms with Crippen molar-refractivity contribution in [2.75, 3.05) is 20.1 Å². The molecule has 2 amide bonds. The van der Waals surface area contributed by atoms with Crippen LogP contribution in [0.2, 0.25) is 0 Å². The van der Waals surface area contributed by atoms with Gasteiger partial charge in [-0.3, -0.25) is 4.79 Å². The number of carboxylic acids is 1. The molecule has 0 aromatic carbocycles. The fourth-order valence-electron chi connectivity index (χ4n) is 2.71. The van der Waals surface area contributed by atoms with E-state index in [-0.39, 0.29) is 12.6 Å². The molecule has 1 rings (SSSR count). The van der Waals surface area contributed by atoms with E-state index in [4.69, 9.17) is 0 Å². The Labute approximate surface area is 115 Å². The first-order chi connectivity index (χ1) is 8.87. The number of carbonyl (C=O) groups is 2. The fraction of sp³-hybridized carbons (Fsp3) is 0.857. The summed E-state index contributed by atoms with van der Waals surface area (Å²) in [5.41, 5.74) is -0.757. The van der Waals surface area contributed by atoms with E-state index in [1.807, 2.05) is 13.8 Å². The van der Waals surface area contributed by atoms with Crippen LogP contribution >= 0.6 is 0 Å². The molecule has 0 atom stereocenters. The Bertz CT molecular complexity index is 323. The van der Waals surface area contributed by atoms with Crippen molar-refractivity contribution in [1.29, 1.82) is 0 Å². The molecule has 5 heteroatoms. The Morgan fingerprint density at radius 2 is 1.84 bits per heavy atom. The highest BCUT2D eigenvalue weighted by atomic mass is 16.4. The molecule has 1 aliphatic carbocycles. The molecule has 0 unspecified atom stereocenters. The zero-order valence-corrected chi connectivity index (χ0v) is 12.2. The number of amides is 2. The van der Waals surface area contributed by atoms with Gasteiger partial charge in [-0.15, -0.1) is 0 Å². The number of carboxylic acid groups (broad SMARTS) is 1. The molecule has 5 nitrogen and oxygen atoms in total. The molecule has 0 spiro atoms.